The highest BCUT2D eigenvalue weighted by molar-refractivity contribution is 6.30. The van der Waals surface area contributed by atoms with E-state index in [9.17, 15) is 0 Å². The summed E-state index contributed by atoms with van der Waals surface area (Å²) in [5.74, 6) is 0. The third-order valence-electron chi connectivity index (χ3n) is 2.17. The van der Waals surface area contributed by atoms with Gasteiger partial charge in [0.25, 0.3) is 0 Å². The van der Waals surface area contributed by atoms with Crippen molar-refractivity contribution in [3.05, 3.63) is 23.0 Å². The van der Waals surface area contributed by atoms with E-state index in [1.54, 1.807) is 6.20 Å². The zero-order valence-electron chi connectivity index (χ0n) is 7.47. The lowest BCUT2D eigenvalue weighted by atomic mass is 10.1. The predicted octanol–water partition coefficient (Wildman–Crippen LogP) is 1.43. The van der Waals surface area contributed by atoms with E-state index in [0.717, 1.165) is 24.3 Å². The molecule has 0 amide bonds. The van der Waals surface area contributed by atoms with Crippen LogP contribution in [0.3, 0.4) is 0 Å². The maximum Gasteiger partial charge on any atom is 0.132 e. The van der Waals surface area contributed by atoms with Crippen LogP contribution in [0, 0.1) is 6.92 Å². The Labute approximate surface area is 82.5 Å². The Morgan fingerprint density at radius 3 is 2.92 bits per heavy atom. The van der Waals surface area contributed by atoms with Crippen LogP contribution >= 0.6 is 11.6 Å². The quantitative estimate of drug-likeness (QED) is 0.705. The van der Waals surface area contributed by atoms with Gasteiger partial charge in [0.15, 0.2) is 0 Å². The monoisotopic (exact) mass is 197 g/mol. The first-order chi connectivity index (χ1) is 6.25. The summed E-state index contributed by atoms with van der Waals surface area (Å²) in [5.41, 5.74) is 2.06. The van der Waals surface area contributed by atoms with Crippen molar-refractivity contribution in [1.29, 1.82) is 0 Å². The number of aromatic nitrogens is 1. The Hall–Kier alpha value is -0.800. The third kappa shape index (κ3) is 1.92. The van der Waals surface area contributed by atoms with Crippen molar-refractivity contribution in [2.24, 2.45) is 0 Å². The zero-order chi connectivity index (χ0) is 9.26. The number of hydrogen-bond acceptors (Lipinski definition) is 3. The van der Waals surface area contributed by atoms with Gasteiger partial charge in [-0.05, 0) is 18.6 Å². The average Bonchev–Trinajstić information content (AvgIpc) is 2.04. The second-order valence-corrected chi connectivity index (χ2v) is 3.69. The zero-order valence-corrected chi connectivity index (χ0v) is 8.23. The smallest absolute Gasteiger partial charge is 0.132 e. The minimum absolute atomic E-state index is 0.544. The minimum Gasteiger partial charge on any atom is -0.378 e. The van der Waals surface area contributed by atoms with E-state index < -0.39 is 0 Å². The number of hydrogen-bond donors (Lipinski definition) is 2. The molecule has 70 valence electrons. The van der Waals surface area contributed by atoms with Crippen molar-refractivity contribution in [1.82, 2.24) is 10.3 Å². The van der Waals surface area contributed by atoms with E-state index in [4.69, 9.17) is 11.6 Å². The molecule has 0 spiro atoms. The Morgan fingerprint density at radius 1 is 1.62 bits per heavy atom. The van der Waals surface area contributed by atoms with E-state index in [1.807, 2.05) is 13.0 Å². The highest BCUT2D eigenvalue weighted by Gasteiger charge is 2.15. The lowest BCUT2D eigenvalue weighted by Gasteiger charge is -2.28. The molecule has 0 radical (unpaired) electrons. The first kappa shape index (κ1) is 8.78. The molecular formula is C9H12ClN3. The number of anilines is 1. The summed E-state index contributed by atoms with van der Waals surface area (Å²) in [5, 5.41) is 7.14. The first-order valence-electron chi connectivity index (χ1n) is 4.35. The summed E-state index contributed by atoms with van der Waals surface area (Å²) in [6.45, 7) is 4.02. The van der Waals surface area contributed by atoms with Crippen molar-refractivity contribution >= 4 is 17.3 Å². The van der Waals surface area contributed by atoms with Crippen molar-refractivity contribution in [2.45, 2.75) is 13.0 Å². The molecule has 0 bridgehead atoms. The van der Waals surface area contributed by atoms with Crippen LogP contribution in [0.2, 0.25) is 5.15 Å². The number of rotatable bonds is 2. The fourth-order valence-electron chi connectivity index (χ4n) is 1.26. The number of aryl methyl sites for hydroxylation is 1. The molecule has 0 unspecified atom stereocenters. The van der Waals surface area contributed by atoms with Crippen LogP contribution in [0.15, 0.2) is 12.3 Å². The highest BCUT2D eigenvalue weighted by atomic mass is 35.5. The summed E-state index contributed by atoms with van der Waals surface area (Å²) >= 11 is 5.81. The Kier molecular flexibility index (Phi) is 2.38. The molecule has 1 aromatic heterocycles. The molecule has 0 aromatic carbocycles. The summed E-state index contributed by atoms with van der Waals surface area (Å²) < 4.78 is 0. The molecule has 4 heteroatoms. The molecular weight excluding hydrogens is 186 g/mol. The van der Waals surface area contributed by atoms with Gasteiger partial charge in [-0.3, -0.25) is 0 Å². The van der Waals surface area contributed by atoms with Gasteiger partial charge in [-0.2, -0.15) is 0 Å². The third-order valence-corrected chi connectivity index (χ3v) is 2.56. The molecule has 3 nitrogen and oxygen atoms in total. The summed E-state index contributed by atoms with van der Waals surface area (Å²) in [4.78, 5) is 4.07. The number of nitrogens with one attached hydrogen (secondary N) is 2. The molecule has 1 aromatic rings. The van der Waals surface area contributed by atoms with E-state index >= 15 is 0 Å². The van der Waals surface area contributed by atoms with E-state index in [0.29, 0.717) is 11.2 Å². The van der Waals surface area contributed by atoms with E-state index in [1.165, 1.54) is 0 Å². The highest BCUT2D eigenvalue weighted by Crippen LogP contribution is 2.17. The molecule has 1 fully saturated rings. The lowest BCUT2D eigenvalue weighted by molar-refractivity contribution is 0.472. The Bertz CT molecular complexity index is 310. The van der Waals surface area contributed by atoms with Gasteiger partial charge in [-0.15, -0.1) is 0 Å². The molecule has 0 atom stereocenters. The maximum absolute atomic E-state index is 5.81. The number of pyridine rings is 1. The molecule has 2 rings (SSSR count). The SMILES string of the molecule is Cc1cc(NC2CNC2)cnc1Cl. The van der Waals surface area contributed by atoms with Crippen LogP contribution < -0.4 is 10.6 Å². The normalized spacial score (nSPS) is 16.8. The van der Waals surface area contributed by atoms with Gasteiger partial charge in [-0.25, -0.2) is 4.98 Å². The summed E-state index contributed by atoms with van der Waals surface area (Å²) in [6, 6.07) is 2.57. The van der Waals surface area contributed by atoms with Gasteiger partial charge in [-0.1, -0.05) is 11.6 Å². The molecule has 13 heavy (non-hydrogen) atoms. The Balaban J connectivity index is 2.07. The van der Waals surface area contributed by atoms with Crippen LogP contribution in [0.4, 0.5) is 5.69 Å². The second-order valence-electron chi connectivity index (χ2n) is 3.33. The summed E-state index contributed by atoms with van der Waals surface area (Å²) in [7, 11) is 0. The Morgan fingerprint density at radius 2 is 2.38 bits per heavy atom. The largest absolute Gasteiger partial charge is 0.378 e. The van der Waals surface area contributed by atoms with Crippen molar-refractivity contribution in [2.75, 3.05) is 18.4 Å². The van der Waals surface area contributed by atoms with E-state index in [-0.39, 0.29) is 0 Å². The topological polar surface area (TPSA) is 37.0 Å². The molecule has 2 heterocycles. The van der Waals surface area contributed by atoms with Gasteiger partial charge < -0.3 is 10.6 Å². The fraction of sp³-hybridized carbons (Fsp3) is 0.444. The van der Waals surface area contributed by atoms with E-state index in [2.05, 4.69) is 15.6 Å². The average molecular weight is 198 g/mol. The lowest BCUT2D eigenvalue weighted by Crippen LogP contribution is -2.51. The molecule has 2 N–H and O–H groups in total. The van der Waals surface area contributed by atoms with Crippen LogP contribution in [0.25, 0.3) is 0 Å². The second kappa shape index (κ2) is 3.52. The molecule has 1 saturated heterocycles. The van der Waals surface area contributed by atoms with Crippen LogP contribution in [-0.2, 0) is 0 Å². The van der Waals surface area contributed by atoms with Crippen LogP contribution in [-0.4, -0.2) is 24.1 Å². The fourth-order valence-corrected chi connectivity index (χ4v) is 1.37. The number of nitrogens with zero attached hydrogens (tertiary/aromatic N) is 1. The van der Waals surface area contributed by atoms with Gasteiger partial charge >= 0.3 is 0 Å². The van der Waals surface area contributed by atoms with Crippen molar-refractivity contribution in [3.8, 4) is 0 Å². The standard InChI is InChI=1S/C9H12ClN3/c1-6-2-7(5-12-9(6)10)13-8-3-11-4-8/h2,5,8,11,13H,3-4H2,1H3. The molecule has 1 aliphatic rings. The van der Waals surface area contributed by atoms with Gasteiger partial charge in [0.2, 0.25) is 0 Å². The number of halogens is 1. The summed E-state index contributed by atoms with van der Waals surface area (Å²) in [6.07, 6.45) is 1.77. The molecule has 1 aliphatic heterocycles. The minimum atomic E-state index is 0.544. The maximum atomic E-state index is 5.81. The molecule has 0 saturated carbocycles. The van der Waals surface area contributed by atoms with Crippen LogP contribution in [0.1, 0.15) is 5.56 Å². The first-order valence-corrected chi connectivity index (χ1v) is 4.73. The van der Waals surface area contributed by atoms with Gasteiger partial charge in [0, 0.05) is 13.1 Å². The van der Waals surface area contributed by atoms with Crippen LogP contribution in [0.5, 0.6) is 0 Å². The predicted molar refractivity (Wildman–Crippen MR) is 54.3 cm³/mol. The molecule has 0 aliphatic carbocycles. The van der Waals surface area contributed by atoms with Gasteiger partial charge in [0.05, 0.1) is 17.9 Å². The van der Waals surface area contributed by atoms with Crippen molar-refractivity contribution in [3.63, 3.8) is 0 Å². The van der Waals surface area contributed by atoms with Crippen molar-refractivity contribution < 1.29 is 0 Å². The van der Waals surface area contributed by atoms with Gasteiger partial charge in [0.1, 0.15) is 5.15 Å².